The van der Waals surface area contributed by atoms with Crippen molar-refractivity contribution in [2.24, 2.45) is 11.8 Å². The lowest BCUT2D eigenvalue weighted by atomic mass is 9.80. The third-order valence-corrected chi connectivity index (χ3v) is 6.63. The number of anilines is 2. The highest BCUT2D eigenvalue weighted by Crippen LogP contribution is 2.33. The summed E-state index contributed by atoms with van der Waals surface area (Å²) in [5, 5.41) is 0. The maximum atomic E-state index is 12.5. The van der Waals surface area contributed by atoms with Gasteiger partial charge in [-0.05, 0) is 80.0 Å². The maximum Gasteiger partial charge on any atom is 0.330 e. The van der Waals surface area contributed by atoms with Gasteiger partial charge in [0.1, 0.15) is 5.75 Å². The monoisotopic (exact) mass is 477 g/mol. The van der Waals surface area contributed by atoms with Crippen LogP contribution in [0.15, 0.2) is 48.5 Å². The van der Waals surface area contributed by atoms with E-state index in [9.17, 15) is 9.59 Å². The van der Waals surface area contributed by atoms with Gasteiger partial charge in [0.05, 0.1) is 12.5 Å². The average Bonchev–Trinajstić information content (AvgIpc) is 2.86. The van der Waals surface area contributed by atoms with E-state index in [0.717, 1.165) is 42.7 Å². The third-order valence-electron chi connectivity index (χ3n) is 6.63. The van der Waals surface area contributed by atoms with Crippen LogP contribution in [0.4, 0.5) is 11.4 Å². The minimum atomic E-state index is -0.474. The summed E-state index contributed by atoms with van der Waals surface area (Å²) >= 11 is 0. The number of hydrogen-bond donors (Lipinski definition) is 2. The van der Waals surface area contributed by atoms with Crippen LogP contribution in [0.5, 0.6) is 5.75 Å². The van der Waals surface area contributed by atoms with Crippen LogP contribution >= 0.6 is 0 Å². The summed E-state index contributed by atoms with van der Waals surface area (Å²) in [5.74, 6) is 0.347. The minimum Gasteiger partial charge on any atom is -0.462 e. The van der Waals surface area contributed by atoms with Crippen LogP contribution in [0.2, 0.25) is 0 Å². The zero-order valence-corrected chi connectivity index (χ0v) is 20.6. The molecule has 6 heteroatoms. The molecule has 1 atom stereocenters. The first-order chi connectivity index (χ1) is 16.9. The Balaban J connectivity index is 1.42. The maximum absolute atomic E-state index is 12.5. The van der Waals surface area contributed by atoms with Crippen molar-refractivity contribution in [1.29, 1.82) is 0 Å². The summed E-state index contributed by atoms with van der Waals surface area (Å²) in [5.41, 5.74) is 14.4. The molecule has 1 radical (unpaired) electrons. The second-order valence-corrected chi connectivity index (χ2v) is 9.40. The van der Waals surface area contributed by atoms with Crippen LogP contribution in [0.1, 0.15) is 68.9 Å². The van der Waals surface area contributed by atoms with E-state index in [1.165, 1.54) is 25.3 Å². The molecular formula is C29H37N2O4. The van der Waals surface area contributed by atoms with Gasteiger partial charge < -0.3 is 20.9 Å². The Labute approximate surface area is 208 Å². The molecule has 0 amide bonds. The predicted octanol–water partition coefficient (Wildman–Crippen LogP) is 5.93. The largest absolute Gasteiger partial charge is 0.462 e. The smallest absolute Gasteiger partial charge is 0.330 e. The summed E-state index contributed by atoms with van der Waals surface area (Å²) in [6.45, 7) is 6.33. The van der Waals surface area contributed by atoms with Gasteiger partial charge in [-0.1, -0.05) is 44.4 Å². The van der Waals surface area contributed by atoms with Gasteiger partial charge in [-0.2, -0.15) is 0 Å². The predicted molar refractivity (Wildman–Crippen MR) is 140 cm³/mol. The Hall–Kier alpha value is -3.28. The molecule has 0 saturated heterocycles. The number of nitrogen functional groups attached to an aromatic ring is 2. The summed E-state index contributed by atoms with van der Waals surface area (Å²) < 4.78 is 10.9. The molecule has 0 aliphatic heterocycles. The van der Waals surface area contributed by atoms with E-state index in [1.54, 1.807) is 48.5 Å². The number of ether oxygens (including phenoxy) is 2. The Morgan fingerprint density at radius 3 is 2.46 bits per heavy atom. The van der Waals surface area contributed by atoms with Crippen molar-refractivity contribution in [3.63, 3.8) is 0 Å². The summed E-state index contributed by atoms with van der Waals surface area (Å²) in [4.78, 5) is 24.6. The molecule has 0 bridgehead atoms. The van der Waals surface area contributed by atoms with Crippen molar-refractivity contribution in [3.8, 4) is 5.75 Å². The summed E-state index contributed by atoms with van der Waals surface area (Å²) in [6.07, 6.45) is 10.8. The van der Waals surface area contributed by atoms with E-state index in [0.29, 0.717) is 17.1 Å². The average molecular weight is 478 g/mol. The second kappa shape index (κ2) is 13.0. The fourth-order valence-electron chi connectivity index (χ4n) is 4.48. The van der Waals surface area contributed by atoms with Crippen LogP contribution in [0, 0.1) is 18.8 Å². The number of esters is 2. The van der Waals surface area contributed by atoms with Crippen molar-refractivity contribution in [3.05, 3.63) is 66.6 Å². The Morgan fingerprint density at radius 2 is 1.80 bits per heavy atom. The number of carbonyl (C=O) groups excluding carboxylic acids is 2. The van der Waals surface area contributed by atoms with Crippen LogP contribution in [0.3, 0.4) is 0 Å². The zero-order chi connectivity index (χ0) is 25.2. The number of carbonyl (C=O) groups is 2. The van der Waals surface area contributed by atoms with Gasteiger partial charge >= 0.3 is 11.9 Å². The Bertz CT molecular complexity index is 1010. The van der Waals surface area contributed by atoms with Crippen LogP contribution in [0.25, 0.3) is 6.08 Å². The van der Waals surface area contributed by atoms with Crippen LogP contribution < -0.4 is 16.2 Å². The number of unbranched alkanes of at least 4 members (excludes halogenated alkanes) is 1. The molecule has 2 aromatic rings. The van der Waals surface area contributed by atoms with Crippen molar-refractivity contribution < 1.29 is 19.1 Å². The van der Waals surface area contributed by atoms with E-state index in [2.05, 4.69) is 13.8 Å². The Morgan fingerprint density at radius 1 is 1.09 bits per heavy atom. The number of hydrogen-bond acceptors (Lipinski definition) is 6. The molecule has 0 heterocycles. The van der Waals surface area contributed by atoms with Gasteiger partial charge in [0.25, 0.3) is 0 Å². The van der Waals surface area contributed by atoms with Crippen LogP contribution in [-0.2, 0) is 14.3 Å². The molecule has 1 aliphatic rings. The first kappa shape index (κ1) is 26.3. The second-order valence-electron chi connectivity index (χ2n) is 9.40. The van der Waals surface area contributed by atoms with Crippen molar-refractivity contribution >= 4 is 29.4 Å². The molecule has 1 aliphatic carbocycles. The number of rotatable bonds is 10. The molecule has 4 N–H and O–H groups in total. The van der Waals surface area contributed by atoms with Gasteiger partial charge in [-0.15, -0.1) is 0 Å². The molecule has 3 rings (SSSR count). The zero-order valence-electron chi connectivity index (χ0n) is 20.6. The van der Waals surface area contributed by atoms with Crippen molar-refractivity contribution in [2.45, 2.75) is 57.8 Å². The highest BCUT2D eigenvalue weighted by Gasteiger charge is 2.27. The van der Waals surface area contributed by atoms with Gasteiger partial charge in [0, 0.05) is 23.4 Å². The van der Waals surface area contributed by atoms with E-state index in [-0.39, 0.29) is 24.4 Å². The molecular weight excluding hydrogens is 440 g/mol. The summed E-state index contributed by atoms with van der Waals surface area (Å²) in [7, 11) is 0. The molecule has 6 nitrogen and oxygen atoms in total. The first-order valence-electron chi connectivity index (χ1n) is 12.5. The fraction of sp³-hybridized carbons (Fsp3) is 0.414. The Kier molecular flexibility index (Phi) is 9.76. The lowest BCUT2D eigenvalue weighted by molar-refractivity contribution is -0.140. The van der Waals surface area contributed by atoms with E-state index in [4.69, 9.17) is 20.9 Å². The minimum absolute atomic E-state index is 0.0114. The molecule has 35 heavy (non-hydrogen) atoms. The lowest BCUT2D eigenvalue weighted by Gasteiger charge is -2.27. The molecule has 1 saturated carbocycles. The highest BCUT2D eigenvalue weighted by atomic mass is 16.5. The molecule has 2 aromatic carbocycles. The third kappa shape index (κ3) is 8.16. The molecule has 0 aromatic heterocycles. The van der Waals surface area contributed by atoms with E-state index >= 15 is 0 Å². The van der Waals surface area contributed by atoms with Crippen molar-refractivity contribution in [2.75, 3.05) is 18.1 Å². The van der Waals surface area contributed by atoms with E-state index < -0.39 is 5.97 Å². The summed E-state index contributed by atoms with van der Waals surface area (Å²) in [6, 6.07) is 12.3. The first-order valence-corrected chi connectivity index (χ1v) is 12.5. The quantitative estimate of drug-likeness (QED) is 0.190. The number of benzene rings is 2. The van der Waals surface area contributed by atoms with Gasteiger partial charge in [0.15, 0.2) is 0 Å². The normalized spacial score (nSPS) is 18.8. The van der Waals surface area contributed by atoms with Crippen molar-refractivity contribution in [1.82, 2.24) is 0 Å². The number of nitrogens with two attached hydrogens (primary N) is 2. The SMILES string of the molecule is [CH2]C(COC(=O)/C=C/c1ccc(OC(=O)C2CCC(CCCC)CC2)cc1)c1ccc(N)cc1N. The molecule has 0 spiro atoms. The van der Waals surface area contributed by atoms with E-state index in [1.807, 2.05) is 0 Å². The molecule has 1 fully saturated rings. The van der Waals surface area contributed by atoms with Gasteiger partial charge in [-0.3, -0.25) is 4.79 Å². The highest BCUT2D eigenvalue weighted by molar-refractivity contribution is 5.87. The van der Waals surface area contributed by atoms with Gasteiger partial charge in [-0.25, -0.2) is 4.79 Å². The topological polar surface area (TPSA) is 105 Å². The van der Waals surface area contributed by atoms with Crippen LogP contribution in [-0.4, -0.2) is 18.5 Å². The van der Waals surface area contributed by atoms with Gasteiger partial charge in [0.2, 0.25) is 0 Å². The fourth-order valence-corrected chi connectivity index (χ4v) is 4.48. The lowest BCUT2D eigenvalue weighted by Crippen LogP contribution is -2.25. The molecule has 187 valence electrons. The standard InChI is InChI=1S/C29H37N2O4/c1-3-4-5-21-6-11-23(12-7-21)29(33)35-25-14-8-22(9-15-25)10-17-28(32)34-19-20(2)26-16-13-24(30)18-27(26)31/h8-10,13-18,20-21,23H,2-7,11-12,19,30-31H2,1H3/b17-10+. The molecule has 1 unspecified atom stereocenters.